The summed E-state index contributed by atoms with van der Waals surface area (Å²) in [6, 6.07) is 0. The molecule has 2 aliphatic rings. The molecule has 0 spiro atoms. The first-order chi connectivity index (χ1) is 5.36. The molecule has 2 aliphatic carbocycles. The lowest BCUT2D eigenvalue weighted by Gasteiger charge is -1.97. The van der Waals surface area contributed by atoms with Gasteiger partial charge >= 0.3 is 0 Å². The number of ketones is 1. The lowest BCUT2D eigenvalue weighted by Crippen LogP contribution is -1.92. The highest BCUT2D eigenvalue weighted by Gasteiger charge is 2.10. The molecule has 0 aromatic heterocycles. The van der Waals surface area contributed by atoms with Crippen LogP contribution < -0.4 is 0 Å². The van der Waals surface area contributed by atoms with Gasteiger partial charge in [-0.2, -0.15) is 0 Å². The average Bonchev–Trinajstić information content (AvgIpc) is 2.31. The number of fused-ring (bicyclic) bond motifs is 1. The molecular formula is C10H8O. The molecule has 0 saturated heterocycles. The molecule has 54 valence electrons. The molecule has 0 aromatic rings. The first-order valence-corrected chi connectivity index (χ1v) is 3.65. The molecule has 2 rings (SSSR count). The van der Waals surface area contributed by atoms with Gasteiger partial charge in [0.25, 0.3) is 0 Å². The zero-order valence-corrected chi connectivity index (χ0v) is 6.08. The Kier molecular flexibility index (Phi) is 1.35. The fourth-order valence-electron chi connectivity index (χ4n) is 1.30. The standard InChI is InChI=1S/C10H8O/c11-10-6-2-4-8-3-1-5-9(8)7-10/h1-6H,7H2. The minimum absolute atomic E-state index is 0.186. The SMILES string of the molecule is O=C1C=CC=C2C=CC=C2C1. The van der Waals surface area contributed by atoms with Crippen LogP contribution in [0.5, 0.6) is 0 Å². The van der Waals surface area contributed by atoms with Gasteiger partial charge in [0, 0.05) is 6.42 Å². The predicted octanol–water partition coefficient (Wildman–Crippen LogP) is 1.94. The van der Waals surface area contributed by atoms with Crippen molar-refractivity contribution in [2.45, 2.75) is 6.42 Å². The molecule has 0 atom stereocenters. The lowest BCUT2D eigenvalue weighted by molar-refractivity contribution is -0.113. The van der Waals surface area contributed by atoms with E-state index in [1.807, 2.05) is 30.4 Å². The van der Waals surface area contributed by atoms with E-state index in [4.69, 9.17) is 0 Å². The topological polar surface area (TPSA) is 17.1 Å². The van der Waals surface area contributed by atoms with Crippen LogP contribution in [0, 0.1) is 0 Å². The van der Waals surface area contributed by atoms with E-state index in [0.717, 1.165) is 5.57 Å². The van der Waals surface area contributed by atoms with Gasteiger partial charge < -0.3 is 0 Å². The Labute approximate surface area is 65.4 Å². The van der Waals surface area contributed by atoms with Gasteiger partial charge in [-0.1, -0.05) is 30.4 Å². The molecule has 11 heavy (non-hydrogen) atoms. The molecule has 0 bridgehead atoms. The number of carbonyl (C=O) groups is 1. The van der Waals surface area contributed by atoms with Crippen molar-refractivity contribution < 1.29 is 4.79 Å². The van der Waals surface area contributed by atoms with E-state index in [0.29, 0.717) is 6.42 Å². The third-order valence-corrected chi connectivity index (χ3v) is 1.87. The smallest absolute Gasteiger partial charge is 0.160 e. The molecule has 0 radical (unpaired) electrons. The molecule has 1 nitrogen and oxygen atoms in total. The summed E-state index contributed by atoms with van der Waals surface area (Å²) in [5.74, 6) is 0.186. The van der Waals surface area contributed by atoms with Crippen LogP contribution in [0.25, 0.3) is 0 Å². The molecular weight excluding hydrogens is 136 g/mol. The summed E-state index contributed by atoms with van der Waals surface area (Å²) >= 11 is 0. The van der Waals surface area contributed by atoms with Crippen molar-refractivity contribution in [3.05, 3.63) is 47.6 Å². The van der Waals surface area contributed by atoms with Gasteiger partial charge in [0.2, 0.25) is 0 Å². The molecule has 0 unspecified atom stereocenters. The Morgan fingerprint density at radius 1 is 1.09 bits per heavy atom. The Bertz CT molecular complexity index is 314. The zero-order chi connectivity index (χ0) is 7.68. The van der Waals surface area contributed by atoms with Crippen molar-refractivity contribution >= 4 is 5.78 Å². The van der Waals surface area contributed by atoms with Crippen molar-refractivity contribution in [2.24, 2.45) is 0 Å². The van der Waals surface area contributed by atoms with Crippen LogP contribution in [0.2, 0.25) is 0 Å². The minimum Gasteiger partial charge on any atom is -0.294 e. The minimum atomic E-state index is 0.186. The van der Waals surface area contributed by atoms with Crippen LogP contribution in [0.4, 0.5) is 0 Å². The summed E-state index contributed by atoms with van der Waals surface area (Å²) in [5.41, 5.74) is 2.31. The summed E-state index contributed by atoms with van der Waals surface area (Å²) in [4.78, 5) is 11.0. The highest BCUT2D eigenvalue weighted by atomic mass is 16.1. The largest absolute Gasteiger partial charge is 0.294 e. The number of carbonyl (C=O) groups excluding carboxylic acids is 1. The van der Waals surface area contributed by atoms with E-state index in [1.165, 1.54) is 5.57 Å². The Hall–Kier alpha value is -1.37. The van der Waals surface area contributed by atoms with Gasteiger partial charge in [0.05, 0.1) is 0 Å². The van der Waals surface area contributed by atoms with E-state index in [9.17, 15) is 4.79 Å². The second-order valence-corrected chi connectivity index (χ2v) is 2.68. The maximum atomic E-state index is 11.0. The van der Waals surface area contributed by atoms with E-state index in [-0.39, 0.29) is 5.78 Å². The van der Waals surface area contributed by atoms with Crippen LogP contribution in [0.15, 0.2) is 47.6 Å². The summed E-state index contributed by atoms with van der Waals surface area (Å²) in [5, 5.41) is 0. The molecule has 1 heteroatoms. The number of hydrogen-bond donors (Lipinski definition) is 0. The third-order valence-electron chi connectivity index (χ3n) is 1.87. The summed E-state index contributed by atoms with van der Waals surface area (Å²) in [6.45, 7) is 0. The van der Waals surface area contributed by atoms with E-state index < -0.39 is 0 Å². The summed E-state index contributed by atoms with van der Waals surface area (Å²) in [6.07, 6.45) is 12.0. The van der Waals surface area contributed by atoms with Crippen molar-refractivity contribution in [3.63, 3.8) is 0 Å². The normalized spacial score (nSPS) is 20.9. The Morgan fingerprint density at radius 2 is 1.91 bits per heavy atom. The van der Waals surface area contributed by atoms with Crippen molar-refractivity contribution in [1.29, 1.82) is 0 Å². The van der Waals surface area contributed by atoms with E-state index in [2.05, 4.69) is 0 Å². The summed E-state index contributed by atoms with van der Waals surface area (Å²) < 4.78 is 0. The number of hydrogen-bond acceptors (Lipinski definition) is 1. The van der Waals surface area contributed by atoms with Crippen LogP contribution in [0.1, 0.15) is 6.42 Å². The van der Waals surface area contributed by atoms with Crippen LogP contribution in [-0.2, 0) is 4.79 Å². The maximum absolute atomic E-state index is 11.0. The molecule has 0 aliphatic heterocycles. The zero-order valence-electron chi connectivity index (χ0n) is 6.08. The van der Waals surface area contributed by atoms with Gasteiger partial charge in [-0.05, 0) is 17.2 Å². The molecule has 0 N–H and O–H groups in total. The highest BCUT2D eigenvalue weighted by molar-refractivity contribution is 5.93. The fraction of sp³-hybridized carbons (Fsp3) is 0.100. The van der Waals surface area contributed by atoms with Gasteiger partial charge in [-0.3, -0.25) is 4.79 Å². The first kappa shape index (κ1) is 6.35. The fourth-order valence-corrected chi connectivity index (χ4v) is 1.30. The first-order valence-electron chi connectivity index (χ1n) is 3.65. The van der Waals surface area contributed by atoms with Crippen molar-refractivity contribution in [2.75, 3.05) is 0 Å². The van der Waals surface area contributed by atoms with Crippen LogP contribution >= 0.6 is 0 Å². The van der Waals surface area contributed by atoms with Crippen LogP contribution in [-0.4, -0.2) is 5.78 Å². The molecule has 0 aromatic carbocycles. The Balaban J connectivity index is 2.39. The number of allylic oxidation sites excluding steroid dienone is 8. The quantitative estimate of drug-likeness (QED) is 0.507. The monoisotopic (exact) mass is 144 g/mol. The average molecular weight is 144 g/mol. The summed E-state index contributed by atoms with van der Waals surface area (Å²) in [7, 11) is 0. The molecule has 0 heterocycles. The molecule has 0 fully saturated rings. The third kappa shape index (κ3) is 1.09. The molecule has 0 saturated carbocycles. The molecule has 0 amide bonds. The second kappa shape index (κ2) is 2.35. The number of rotatable bonds is 0. The van der Waals surface area contributed by atoms with Gasteiger partial charge in [0.15, 0.2) is 5.78 Å². The van der Waals surface area contributed by atoms with Crippen molar-refractivity contribution in [3.8, 4) is 0 Å². The lowest BCUT2D eigenvalue weighted by atomic mass is 10.1. The van der Waals surface area contributed by atoms with E-state index >= 15 is 0 Å². The predicted molar refractivity (Wildman–Crippen MR) is 44.1 cm³/mol. The Morgan fingerprint density at radius 3 is 2.82 bits per heavy atom. The van der Waals surface area contributed by atoms with Crippen molar-refractivity contribution in [1.82, 2.24) is 0 Å². The second-order valence-electron chi connectivity index (χ2n) is 2.68. The highest BCUT2D eigenvalue weighted by Crippen LogP contribution is 2.23. The van der Waals surface area contributed by atoms with E-state index in [1.54, 1.807) is 6.08 Å². The van der Waals surface area contributed by atoms with Gasteiger partial charge in [0.1, 0.15) is 0 Å². The van der Waals surface area contributed by atoms with Gasteiger partial charge in [-0.25, -0.2) is 0 Å². The van der Waals surface area contributed by atoms with Gasteiger partial charge in [-0.15, -0.1) is 0 Å². The maximum Gasteiger partial charge on any atom is 0.160 e. The van der Waals surface area contributed by atoms with Crippen LogP contribution in [0.3, 0.4) is 0 Å².